The summed E-state index contributed by atoms with van der Waals surface area (Å²) in [6, 6.07) is 9.13. The number of ether oxygens (including phenoxy) is 2. The molecule has 3 rings (SSSR count). The van der Waals surface area contributed by atoms with Crippen LogP contribution in [0.1, 0.15) is 6.92 Å². The van der Waals surface area contributed by atoms with Gasteiger partial charge >= 0.3 is 0 Å². The number of hydrogen-bond acceptors (Lipinski definition) is 5. The van der Waals surface area contributed by atoms with Crippen LogP contribution < -0.4 is 14.8 Å². The molecule has 2 aromatic rings. The van der Waals surface area contributed by atoms with Gasteiger partial charge in [-0.25, -0.2) is 8.42 Å². The van der Waals surface area contributed by atoms with Gasteiger partial charge in [-0.1, -0.05) is 30.1 Å². The molecule has 0 atom stereocenters. The van der Waals surface area contributed by atoms with Gasteiger partial charge in [0, 0.05) is 23.3 Å². The lowest BCUT2D eigenvalue weighted by Gasteiger charge is -2.21. The minimum Gasteiger partial charge on any atom is -0.486 e. The molecule has 10 heteroatoms. The van der Waals surface area contributed by atoms with Crippen molar-refractivity contribution in [1.29, 1.82) is 0 Å². The second-order valence-corrected chi connectivity index (χ2v) is 8.66. The summed E-state index contributed by atoms with van der Waals surface area (Å²) in [4.78, 5) is 12.3. The molecule has 0 aliphatic carbocycles. The Labute approximate surface area is 173 Å². The number of benzene rings is 2. The van der Waals surface area contributed by atoms with Gasteiger partial charge in [-0.05, 0) is 30.3 Å². The number of likely N-dealkylation sites (N-methyl/N-ethyl adjacent to an activating group) is 1. The van der Waals surface area contributed by atoms with E-state index in [2.05, 4.69) is 5.32 Å². The van der Waals surface area contributed by atoms with E-state index >= 15 is 0 Å². The number of nitrogens with one attached hydrogen (secondary N) is 1. The minimum atomic E-state index is -3.99. The average molecular weight is 445 g/mol. The maximum Gasteiger partial charge on any atom is 0.245 e. The predicted octanol–water partition coefficient (Wildman–Crippen LogP) is 3.41. The molecule has 0 saturated heterocycles. The molecule has 28 heavy (non-hydrogen) atoms. The third kappa shape index (κ3) is 4.52. The van der Waals surface area contributed by atoms with Crippen molar-refractivity contribution in [2.75, 3.05) is 31.6 Å². The van der Waals surface area contributed by atoms with Crippen molar-refractivity contribution in [3.8, 4) is 11.5 Å². The zero-order chi connectivity index (χ0) is 20.3. The number of fused-ring (bicyclic) bond motifs is 1. The summed E-state index contributed by atoms with van der Waals surface area (Å²) in [6.07, 6.45) is 0. The van der Waals surface area contributed by atoms with Crippen LogP contribution in [0.25, 0.3) is 0 Å². The van der Waals surface area contributed by atoms with Gasteiger partial charge in [0.05, 0.1) is 11.6 Å². The quantitative estimate of drug-likeness (QED) is 0.737. The fourth-order valence-corrected chi connectivity index (χ4v) is 4.81. The van der Waals surface area contributed by atoms with E-state index in [0.717, 1.165) is 4.31 Å². The summed E-state index contributed by atoms with van der Waals surface area (Å²) in [6.45, 7) is 2.23. The molecule has 1 N–H and O–H groups in total. The van der Waals surface area contributed by atoms with Gasteiger partial charge < -0.3 is 14.8 Å². The molecular weight excluding hydrogens is 427 g/mol. The number of carbonyl (C=O) groups excluding carboxylic acids is 1. The van der Waals surface area contributed by atoms with Crippen molar-refractivity contribution in [2.24, 2.45) is 0 Å². The average Bonchev–Trinajstić information content (AvgIpc) is 2.67. The zero-order valence-corrected chi connectivity index (χ0v) is 17.3. The number of halogens is 2. The Hall–Kier alpha value is -2.00. The van der Waals surface area contributed by atoms with Gasteiger partial charge in [0.1, 0.15) is 18.1 Å². The lowest BCUT2D eigenvalue weighted by Crippen LogP contribution is -2.38. The van der Waals surface area contributed by atoms with Crippen LogP contribution in [-0.4, -0.2) is 44.9 Å². The predicted molar refractivity (Wildman–Crippen MR) is 107 cm³/mol. The fraction of sp³-hybridized carbons (Fsp3) is 0.278. The second kappa shape index (κ2) is 8.57. The largest absolute Gasteiger partial charge is 0.486 e. The molecule has 1 aliphatic rings. The number of sulfonamides is 1. The molecule has 0 unspecified atom stereocenters. The van der Waals surface area contributed by atoms with Crippen molar-refractivity contribution in [1.82, 2.24) is 4.31 Å². The molecule has 0 spiro atoms. The van der Waals surface area contributed by atoms with E-state index in [1.165, 1.54) is 18.2 Å². The molecular formula is C18H18Cl2N2O5S. The third-order valence-electron chi connectivity index (χ3n) is 4.01. The molecule has 150 valence electrons. The van der Waals surface area contributed by atoms with Crippen LogP contribution in [0.3, 0.4) is 0 Å². The Morgan fingerprint density at radius 2 is 1.82 bits per heavy atom. The number of nitrogens with zero attached hydrogens (tertiary/aromatic N) is 1. The van der Waals surface area contributed by atoms with Gasteiger partial charge in [0.2, 0.25) is 15.9 Å². The highest BCUT2D eigenvalue weighted by molar-refractivity contribution is 7.89. The van der Waals surface area contributed by atoms with Crippen molar-refractivity contribution < 1.29 is 22.7 Å². The monoisotopic (exact) mass is 444 g/mol. The highest BCUT2D eigenvalue weighted by atomic mass is 35.5. The normalized spacial score (nSPS) is 13.4. The van der Waals surface area contributed by atoms with Crippen LogP contribution in [0, 0.1) is 0 Å². The van der Waals surface area contributed by atoms with E-state index in [0.29, 0.717) is 30.4 Å². The van der Waals surface area contributed by atoms with E-state index in [1.54, 1.807) is 25.1 Å². The van der Waals surface area contributed by atoms with Gasteiger partial charge in [-0.15, -0.1) is 0 Å². The Bertz CT molecular complexity index is 997. The molecule has 0 radical (unpaired) electrons. The number of carbonyl (C=O) groups is 1. The Kier molecular flexibility index (Phi) is 6.34. The number of hydrogen-bond donors (Lipinski definition) is 1. The molecule has 7 nitrogen and oxygen atoms in total. The summed E-state index contributed by atoms with van der Waals surface area (Å²) in [7, 11) is -3.99. The first-order valence-electron chi connectivity index (χ1n) is 8.46. The van der Waals surface area contributed by atoms with Crippen molar-refractivity contribution in [3.05, 3.63) is 46.4 Å². The maximum absolute atomic E-state index is 12.9. The SMILES string of the molecule is CCN(CC(=O)Nc1ccc2c(c1)OCCO2)S(=O)(=O)c1cc(Cl)ccc1Cl. The number of amides is 1. The Balaban J connectivity index is 1.75. The molecule has 1 amide bonds. The fourth-order valence-electron chi connectivity index (χ4n) is 2.66. The highest BCUT2D eigenvalue weighted by Crippen LogP contribution is 2.32. The Morgan fingerprint density at radius 1 is 1.11 bits per heavy atom. The van der Waals surface area contributed by atoms with E-state index in [4.69, 9.17) is 32.7 Å². The summed E-state index contributed by atoms with van der Waals surface area (Å²) >= 11 is 11.9. The highest BCUT2D eigenvalue weighted by Gasteiger charge is 2.28. The molecule has 0 bridgehead atoms. The van der Waals surface area contributed by atoms with Crippen molar-refractivity contribution in [2.45, 2.75) is 11.8 Å². The van der Waals surface area contributed by atoms with Crippen LogP contribution >= 0.6 is 23.2 Å². The van der Waals surface area contributed by atoms with E-state index in [9.17, 15) is 13.2 Å². The van der Waals surface area contributed by atoms with Crippen LogP contribution in [-0.2, 0) is 14.8 Å². The van der Waals surface area contributed by atoms with Gasteiger partial charge in [-0.2, -0.15) is 4.31 Å². The van der Waals surface area contributed by atoms with Gasteiger partial charge in [0.25, 0.3) is 0 Å². The zero-order valence-electron chi connectivity index (χ0n) is 14.9. The van der Waals surface area contributed by atoms with Crippen molar-refractivity contribution >= 4 is 44.8 Å². The van der Waals surface area contributed by atoms with Crippen LogP contribution in [0.4, 0.5) is 5.69 Å². The minimum absolute atomic E-state index is 0.0371. The van der Waals surface area contributed by atoms with Gasteiger partial charge in [-0.3, -0.25) is 4.79 Å². The first kappa shape index (κ1) is 20.7. The molecule has 1 heterocycles. The second-order valence-electron chi connectivity index (χ2n) is 5.91. The topological polar surface area (TPSA) is 84.9 Å². The Morgan fingerprint density at radius 3 is 2.54 bits per heavy atom. The lowest BCUT2D eigenvalue weighted by atomic mass is 10.2. The van der Waals surface area contributed by atoms with Crippen LogP contribution in [0.15, 0.2) is 41.3 Å². The summed E-state index contributed by atoms with van der Waals surface area (Å²) in [5.74, 6) is 0.618. The first-order chi connectivity index (χ1) is 13.3. The van der Waals surface area contributed by atoms with Crippen molar-refractivity contribution in [3.63, 3.8) is 0 Å². The van der Waals surface area contributed by atoms with Crippen LogP contribution in [0.2, 0.25) is 10.0 Å². The summed E-state index contributed by atoms with van der Waals surface area (Å²) < 4.78 is 37.7. The standard InChI is InChI=1S/C18H18Cl2N2O5S/c1-2-22(28(24,25)17-9-12(19)3-5-14(17)20)11-18(23)21-13-4-6-15-16(10-13)27-8-7-26-15/h3-6,9-10H,2,7-8,11H2,1H3,(H,21,23). The molecule has 0 aromatic heterocycles. The van der Waals surface area contributed by atoms with Crippen LogP contribution in [0.5, 0.6) is 11.5 Å². The lowest BCUT2D eigenvalue weighted by molar-refractivity contribution is -0.116. The first-order valence-corrected chi connectivity index (χ1v) is 10.7. The summed E-state index contributed by atoms with van der Waals surface area (Å²) in [5.41, 5.74) is 0.475. The molecule has 1 aliphatic heterocycles. The third-order valence-corrected chi connectivity index (χ3v) is 6.65. The molecule has 0 saturated carbocycles. The number of rotatable bonds is 6. The molecule has 2 aromatic carbocycles. The smallest absolute Gasteiger partial charge is 0.245 e. The van der Waals surface area contributed by atoms with Gasteiger partial charge in [0.15, 0.2) is 11.5 Å². The number of anilines is 1. The maximum atomic E-state index is 12.9. The van der Waals surface area contributed by atoms with E-state index < -0.39 is 15.9 Å². The molecule has 0 fully saturated rings. The summed E-state index contributed by atoms with van der Waals surface area (Å²) in [5, 5.41) is 2.94. The van der Waals surface area contributed by atoms with E-state index in [-0.39, 0.29) is 28.0 Å². The van der Waals surface area contributed by atoms with E-state index in [1.807, 2.05) is 0 Å².